The molecule has 2 aliphatic heterocycles. The van der Waals surface area contributed by atoms with Crippen LogP contribution in [0.3, 0.4) is 0 Å². The van der Waals surface area contributed by atoms with E-state index in [0.29, 0.717) is 13.0 Å². The first-order valence-corrected chi connectivity index (χ1v) is 24.8. The van der Waals surface area contributed by atoms with Gasteiger partial charge in [-0.05, 0) is 108 Å². The Hall–Kier alpha value is -3.04. The van der Waals surface area contributed by atoms with Crippen LogP contribution in [0.5, 0.6) is 0 Å². The molecule has 0 unspecified atom stereocenters. The Bertz CT molecular complexity index is 1830. The van der Waals surface area contributed by atoms with Crippen molar-refractivity contribution in [1.29, 1.82) is 0 Å². The number of rotatable bonds is 15. The van der Waals surface area contributed by atoms with Crippen LogP contribution in [0, 0.1) is 33.5 Å². The van der Waals surface area contributed by atoms with Gasteiger partial charge in [-0.3, -0.25) is 28.9 Å². The van der Waals surface area contributed by atoms with E-state index in [1.54, 1.807) is 31.7 Å². The Morgan fingerprint density at radius 2 is 1.49 bits per heavy atom. The second-order valence-corrected chi connectivity index (χ2v) is 23.2. The van der Waals surface area contributed by atoms with Crippen LogP contribution < -0.4 is 20.7 Å². The molecule has 4 aliphatic carbocycles. The highest BCUT2D eigenvalue weighted by Crippen LogP contribution is 2.88. The molecule has 0 radical (unpaired) electrons. The third-order valence-electron chi connectivity index (χ3n) is 16.5. The number of hydrogen-bond acceptors (Lipinski definition) is 8. The molecule has 344 valence electrons. The van der Waals surface area contributed by atoms with Crippen molar-refractivity contribution in [2.24, 2.45) is 33.5 Å². The highest BCUT2D eigenvalue weighted by Gasteiger charge is 2.85. The van der Waals surface area contributed by atoms with Crippen molar-refractivity contribution in [3.8, 4) is 0 Å². The number of piperidine rings is 1. The average molecular weight is 872 g/mol. The normalized spacial score (nSPS) is 30.8. The molecule has 0 aromatic heterocycles. The van der Waals surface area contributed by atoms with Gasteiger partial charge < -0.3 is 20.9 Å². The van der Waals surface area contributed by atoms with Crippen molar-refractivity contribution >= 4 is 39.7 Å². The van der Waals surface area contributed by atoms with Gasteiger partial charge in [0, 0.05) is 36.5 Å². The molecule has 15 heteroatoms. The lowest BCUT2D eigenvalue weighted by Crippen LogP contribution is -2.63. The van der Waals surface area contributed by atoms with Gasteiger partial charge in [0.2, 0.25) is 23.6 Å². The van der Waals surface area contributed by atoms with Crippen molar-refractivity contribution in [3.05, 3.63) is 12.7 Å². The summed E-state index contributed by atoms with van der Waals surface area (Å²) in [4.78, 5) is 76.8. The van der Waals surface area contributed by atoms with Crippen LogP contribution in [-0.2, 0) is 34.2 Å². The largest absolute Gasteiger partial charge is 0.343 e. The number of nitrogens with one attached hydrogen (secondary N) is 4. The first-order valence-electron chi connectivity index (χ1n) is 23.4. The Morgan fingerprint density at radius 3 is 2.00 bits per heavy atom. The molecule has 2 spiro atoms. The second-order valence-electron chi connectivity index (χ2n) is 21.6. The van der Waals surface area contributed by atoms with E-state index < -0.39 is 63.1 Å². The Kier molecular flexibility index (Phi) is 13.3. The molecule has 2 saturated heterocycles. The van der Waals surface area contributed by atoms with E-state index in [9.17, 15) is 27.6 Å². The van der Waals surface area contributed by atoms with E-state index in [4.69, 9.17) is 0 Å². The van der Waals surface area contributed by atoms with E-state index in [-0.39, 0.29) is 64.9 Å². The predicted octanol–water partition coefficient (Wildman–Crippen LogP) is 4.79. The molecule has 0 aromatic rings. The van der Waals surface area contributed by atoms with Gasteiger partial charge in [0.1, 0.15) is 23.7 Å². The van der Waals surface area contributed by atoms with Crippen LogP contribution in [-0.4, -0.2) is 113 Å². The molecule has 6 fully saturated rings. The molecule has 61 heavy (non-hydrogen) atoms. The maximum Gasteiger partial charge on any atom is 0.304 e. The summed E-state index contributed by atoms with van der Waals surface area (Å²) >= 11 is 0. The highest BCUT2D eigenvalue weighted by molar-refractivity contribution is 7.87. The smallest absolute Gasteiger partial charge is 0.304 e. The van der Waals surface area contributed by atoms with Gasteiger partial charge in [-0.25, -0.2) is 4.72 Å². The number of amides is 5. The summed E-state index contributed by atoms with van der Waals surface area (Å²) in [5.41, 5.74) is -2.86. The number of hydrogen-bond donors (Lipinski definition) is 4. The molecule has 0 bridgehead atoms. The van der Waals surface area contributed by atoms with Gasteiger partial charge in [0.25, 0.3) is 5.91 Å². The number of nitrogens with zero attached hydrogens (tertiary/aromatic N) is 3. The lowest BCUT2D eigenvalue weighted by Gasteiger charge is -2.40. The van der Waals surface area contributed by atoms with E-state index in [1.165, 1.54) is 4.31 Å². The molecule has 0 aromatic carbocycles. The zero-order valence-corrected chi connectivity index (χ0v) is 39.6. The second kappa shape index (κ2) is 17.2. The van der Waals surface area contributed by atoms with Crippen molar-refractivity contribution in [2.45, 2.75) is 194 Å². The predicted molar refractivity (Wildman–Crippen MR) is 236 cm³/mol. The van der Waals surface area contributed by atoms with Gasteiger partial charge in [-0.1, -0.05) is 79.7 Å². The molecule has 2 heterocycles. The standard InChI is InChI=1S/C46H77N7O7S/c1-12-32-26-46(32,41(58)50-61(59,60)53(13-2)30(5)6)49-38(55)34-27-45(43(10,11)44(45)23-19-24-44)28-52(34)40(57)36(42(7,8)9)48-39(56)35(31-20-15-14-16-21-31)47-37(54)33-22-17-18-25-51(33)29(3)4/h12,29-36H,1,13-28H2,2-11H3,(H,47,54)(H,48,56)(H,49,55)(H,50,58)/t32-,33-,34+,35+,36-,45-,46-/m1/s1. The van der Waals surface area contributed by atoms with Gasteiger partial charge in [-0.15, -0.1) is 6.58 Å². The summed E-state index contributed by atoms with van der Waals surface area (Å²) in [6.45, 7) is 24.7. The van der Waals surface area contributed by atoms with E-state index >= 15 is 4.79 Å². The average Bonchev–Trinajstić information content (AvgIpc) is 3.90. The van der Waals surface area contributed by atoms with Gasteiger partial charge in [-0.2, -0.15) is 12.7 Å². The van der Waals surface area contributed by atoms with Crippen LogP contribution in [0.1, 0.15) is 153 Å². The van der Waals surface area contributed by atoms with Crippen molar-refractivity contribution in [2.75, 3.05) is 19.6 Å². The minimum atomic E-state index is -4.22. The molecule has 6 aliphatic rings. The maximum absolute atomic E-state index is 15.3. The Labute approximate surface area is 366 Å². The third-order valence-corrected chi connectivity index (χ3v) is 18.2. The molecular weight excluding hydrogens is 795 g/mol. The SMILES string of the molecule is C=C[C@@H]1C[C@]1(NC(=O)[C@@H]1C[C@@]2(CN1C(=O)[C@@H](NC(=O)[C@@H](NC(=O)[C@H]1CCCCN1C(C)C)C1CCCCC1)C(C)(C)C)C(C)(C)C21CCC1)C(=O)NS(=O)(=O)N(CC)C(C)C. The molecule has 4 saturated carbocycles. The monoisotopic (exact) mass is 872 g/mol. The first-order chi connectivity index (χ1) is 28.4. The molecule has 6 rings (SSSR count). The van der Waals surface area contributed by atoms with Crippen LogP contribution in [0.2, 0.25) is 0 Å². The quantitative estimate of drug-likeness (QED) is 0.170. The fraction of sp³-hybridized carbons (Fsp3) is 0.848. The van der Waals surface area contributed by atoms with Crippen LogP contribution in [0.25, 0.3) is 0 Å². The van der Waals surface area contributed by atoms with Gasteiger partial charge >= 0.3 is 10.2 Å². The lowest BCUT2D eigenvalue weighted by atomic mass is 9.73. The fourth-order valence-corrected chi connectivity index (χ4v) is 13.9. The maximum atomic E-state index is 15.3. The molecule has 5 amide bonds. The van der Waals surface area contributed by atoms with E-state index in [0.717, 1.165) is 77.2 Å². The van der Waals surface area contributed by atoms with Crippen LogP contribution in [0.15, 0.2) is 12.7 Å². The topological polar surface area (TPSA) is 177 Å². The summed E-state index contributed by atoms with van der Waals surface area (Å²) in [5.74, 6) is -2.85. The minimum absolute atomic E-state index is 0.0276. The highest BCUT2D eigenvalue weighted by atomic mass is 32.2. The summed E-state index contributed by atoms with van der Waals surface area (Å²) < 4.78 is 30.2. The van der Waals surface area contributed by atoms with Gasteiger partial charge in [0.05, 0.1) is 6.04 Å². The van der Waals surface area contributed by atoms with E-state index in [1.807, 2.05) is 20.8 Å². The number of carbonyl (C=O) groups excluding carboxylic acids is 5. The van der Waals surface area contributed by atoms with Crippen LogP contribution in [0.4, 0.5) is 0 Å². The Balaban J connectivity index is 1.28. The minimum Gasteiger partial charge on any atom is -0.343 e. The van der Waals surface area contributed by atoms with Crippen molar-refractivity contribution < 1.29 is 32.4 Å². The lowest BCUT2D eigenvalue weighted by molar-refractivity contribution is -0.145. The molecule has 4 N–H and O–H groups in total. The van der Waals surface area contributed by atoms with Crippen molar-refractivity contribution in [3.63, 3.8) is 0 Å². The molecule has 14 nitrogen and oxygen atoms in total. The van der Waals surface area contributed by atoms with Gasteiger partial charge in [0.15, 0.2) is 0 Å². The molecule has 7 atom stereocenters. The summed E-state index contributed by atoms with van der Waals surface area (Å²) in [6.07, 6.45) is 12.5. The van der Waals surface area contributed by atoms with Crippen LogP contribution >= 0.6 is 0 Å². The zero-order valence-electron chi connectivity index (χ0n) is 38.8. The summed E-state index contributed by atoms with van der Waals surface area (Å²) in [7, 11) is -4.22. The summed E-state index contributed by atoms with van der Waals surface area (Å²) in [6, 6.07) is -3.36. The van der Waals surface area contributed by atoms with E-state index in [2.05, 4.69) is 59.8 Å². The number of carbonyl (C=O) groups is 5. The zero-order chi connectivity index (χ0) is 45.1. The van der Waals surface area contributed by atoms with Crippen molar-refractivity contribution in [1.82, 2.24) is 34.8 Å². The third kappa shape index (κ3) is 8.30. The first kappa shape index (κ1) is 47.4. The number of likely N-dealkylation sites (tertiary alicyclic amines) is 2. The summed E-state index contributed by atoms with van der Waals surface area (Å²) in [5, 5.41) is 9.33. The fourth-order valence-electron chi connectivity index (χ4n) is 12.5. The number of fused-ring (bicyclic) bond motifs is 1. The Morgan fingerprint density at radius 1 is 0.852 bits per heavy atom. The molecular formula is C46H77N7O7S.